The van der Waals surface area contributed by atoms with Gasteiger partial charge in [0.25, 0.3) is 0 Å². The molecule has 1 aliphatic heterocycles. The second-order valence-corrected chi connectivity index (χ2v) is 7.45. The maximum atomic E-state index is 4.80. The highest BCUT2D eigenvalue weighted by atomic mass is 15.3. The lowest BCUT2D eigenvalue weighted by Crippen LogP contribution is -2.37. The van der Waals surface area contributed by atoms with Crippen molar-refractivity contribution in [1.82, 2.24) is 20.2 Å². The van der Waals surface area contributed by atoms with Crippen LogP contribution in [0.3, 0.4) is 0 Å². The van der Waals surface area contributed by atoms with Gasteiger partial charge in [-0.1, -0.05) is 6.92 Å². The van der Waals surface area contributed by atoms with Crippen LogP contribution in [0.15, 0.2) is 18.3 Å². The van der Waals surface area contributed by atoms with Gasteiger partial charge in [-0.15, -0.1) is 10.1 Å². The summed E-state index contributed by atoms with van der Waals surface area (Å²) >= 11 is 0. The molecule has 7 heteroatoms. The van der Waals surface area contributed by atoms with Crippen LogP contribution in [0.5, 0.6) is 0 Å². The van der Waals surface area contributed by atoms with Crippen molar-refractivity contribution < 1.29 is 4.98 Å². The van der Waals surface area contributed by atoms with Crippen LogP contribution in [0.2, 0.25) is 0 Å². The van der Waals surface area contributed by atoms with Gasteiger partial charge in [-0.3, -0.25) is 15.3 Å². The highest BCUT2D eigenvalue weighted by molar-refractivity contribution is 5.86. The lowest BCUT2D eigenvalue weighted by molar-refractivity contribution is -0.349. The fraction of sp³-hybridized carbons (Fsp3) is 0.500. The molecule has 1 saturated heterocycles. The maximum absolute atomic E-state index is 4.80. The van der Waals surface area contributed by atoms with E-state index < -0.39 is 0 Å². The van der Waals surface area contributed by atoms with E-state index in [0.29, 0.717) is 5.92 Å². The third kappa shape index (κ3) is 2.83. The second-order valence-electron chi connectivity index (χ2n) is 7.45. The Hall–Kier alpha value is -2.57. The quantitative estimate of drug-likeness (QED) is 0.682. The summed E-state index contributed by atoms with van der Waals surface area (Å²) in [7, 11) is 0. The van der Waals surface area contributed by atoms with Crippen LogP contribution < -0.4 is 15.2 Å². The molecule has 0 atom stereocenters. The van der Waals surface area contributed by atoms with Gasteiger partial charge in [-0.2, -0.15) is 0 Å². The minimum absolute atomic E-state index is 0.667. The number of aromatic nitrogens is 5. The van der Waals surface area contributed by atoms with E-state index in [9.17, 15) is 0 Å². The molecule has 7 nitrogen and oxygen atoms in total. The Kier molecular flexibility index (Phi) is 3.39. The van der Waals surface area contributed by atoms with Gasteiger partial charge in [-0.05, 0) is 37.7 Å². The van der Waals surface area contributed by atoms with E-state index in [-0.39, 0.29) is 0 Å². The fourth-order valence-electron chi connectivity index (χ4n) is 3.57. The lowest BCUT2D eigenvalue weighted by atomic mass is 10.00. The van der Waals surface area contributed by atoms with E-state index in [2.05, 4.69) is 43.4 Å². The highest BCUT2D eigenvalue weighted by Gasteiger charge is 2.27. The SMILES string of the molecule is CC1CCN(c2nc3cc[nH]c3c(Nc3cc(C4CC4)[nH]n3)[nH+]2)CC1. The number of nitrogens with one attached hydrogen (secondary N) is 4. The molecule has 2 aliphatic rings. The van der Waals surface area contributed by atoms with Crippen molar-refractivity contribution in [2.75, 3.05) is 23.3 Å². The topological polar surface area (TPSA) is 86.8 Å². The predicted molar refractivity (Wildman–Crippen MR) is 97.1 cm³/mol. The molecule has 0 unspecified atom stereocenters. The van der Waals surface area contributed by atoms with Crippen LogP contribution in [0.1, 0.15) is 44.2 Å². The molecule has 0 bridgehead atoms. The van der Waals surface area contributed by atoms with E-state index in [1.54, 1.807) is 0 Å². The van der Waals surface area contributed by atoms with Gasteiger partial charge >= 0.3 is 5.95 Å². The molecule has 3 aromatic heterocycles. The normalized spacial score (nSPS) is 18.8. The molecule has 0 aromatic carbocycles. The molecule has 1 aliphatic carbocycles. The predicted octanol–water partition coefficient (Wildman–Crippen LogP) is 2.96. The number of anilines is 3. The molecule has 130 valence electrons. The van der Waals surface area contributed by atoms with E-state index in [4.69, 9.17) is 4.98 Å². The molecular weight excluding hydrogens is 314 g/mol. The van der Waals surface area contributed by atoms with Gasteiger partial charge in [0, 0.05) is 23.9 Å². The number of fused-ring (bicyclic) bond motifs is 1. The van der Waals surface area contributed by atoms with Gasteiger partial charge in [0.2, 0.25) is 5.82 Å². The van der Waals surface area contributed by atoms with Crippen molar-refractivity contribution in [3.63, 3.8) is 0 Å². The number of hydrogen-bond acceptors (Lipinski definition) is 4. The summed E-state index contributed by atoms with van der Waals surface area (Å²) in [5.74, 6) is 4.16. The lowest BCUT2D eigenvalue weighted by Gasteiger charge is -2.26. The molecule has 0 amide bonds. The van der Waals surface area contributed by atoms with Gasteiger partial charge < -0.3 is 4.98 Å². The number of hydrogen-bond donors (Lipinski definition) is 3. The zero-order valence-electron chi connectivity index (χ0n) is 14.5. The molecule has 25 heavy (non-hydrogen) atoms. The van der Waals surface area contributed by atoms with Crippen molar-refractivity contribution in [3.8, 4) is 0 Å². The first-order valence-corrected chi connectivity index (χ1v) is 9.24. The Morgan fingerprint density at radius 1 is 1.24 bits per heavy atom. The second kappa shape index (κ2) is 5.75. The molecule has 0 spiro atoms. The average Bonchev–Trinajstić information content (AvgIpc) is 3.17. The Labute approximate surface area is 146 Å². The van der Waals surface area contributed by atoms with Gasteiger partial charge in [0.1, 0.15) is 5.52 Å². The van der Waals surface area contributed by atoms with E-state index in [1.165, 1.54) is 31.4 Å². The Morgan fingerprint density at radius 3 is 2.88 bits per heavy atom. The zero-order chi connectivity index (χ0) is 16.8. The summed E-state index contributed by atoms with van der Waals surface area (Å²) in [4.78, 5) is 13.9. The number of H-pyrrole nitrogens is 3. The molecule has 1 saturated carbocycles. The summed E-state index contributed by atoms with van der Waals surface area (Å²) in [6.07, 6.45) is 6.89. The van der Waals surface area contributed by atoms with Crippen molar-refractivity contribution in [2.45, 2.75) is 38.5 Å². The van der Waals surface area contributed by atoms with Crippen molar-refractivity contribution in [3.05, 3.63) is 24.0 Å². The summed E-state index contributed by atoms with van der Waals surface area (Å²) in [6.45, 7) is 4.42. The summed E-state index contributed by atoms with van der Waals surface area (Å²) < 4.78 is 0. The Balaban J connectivity index is 1.46. The molecule has 2 fully saturated rings. The fourth-order valence-corrected chi connectivity index (χ4v) is 3.57. The highest BCUT2D eigenvalue weighted by Crippen LogP contribution is 2.39. The number of nitrogens with zero attached hydrogens (tertiary/aromatic N) is 3. The van der Waals surface area contributed by atoms with Crippen molar-refractivity contribution in [1.29, 1.82) is 0 Å². The summed E-state index contributed by atoms with van der Waals surface area (Å²) in [5, 5.41) is 11.0. The largest absolute Gasteiger partial charge is 0.354 e. The van der Waals surface area contributed by atoms with Crippen molar-refractivity contribution in [2.24, 2.45) is 5.92 Å². The third-order valence-electron chi connectivity index (χ3n) is 5.39. The molecule has 3 aromatic rings. The average molecular weight is 338 g/mol. The number of aromatic amines is 3. The monoisotopic (exact) mass is 338 g/mol. The van der Waals surface area contributed by atoms with Crippen LogP contribution >= 0.6 is 0 Å². The minimum Gasteiger partial charge on any atom is -0.354 e. The standard InChI is InChI=1S/C18H23N7/c1-11-5-8-25(9-6-11)18-20-13-4-7-19-16(13)17(22-18)21-15-10-14(23-24-15)12-2-3-12/h4,7,10-12,19H,2-3,5-6,8-9H2,1H3,(H2,20,21,22,23,24)/p+1. The molecule has 5 rings (SSSR count). The maximum Gasteiger partial charge on any atom is 0.347 e. The minimum atomic E-state index is 0.667. The van der Waals surface area contributed by atoms with Crippen LogP contribution in [0.4, 0.5) is 17.6 Å². The summed E-state index contributed by atoms with van der Waals surface area (Å²) in [5.41, 5.74) is 3.17. The van der Waals surface area contributed by atoms with Crippen LogP contribution in [0.25, 0.3) is 11.0 Å². The van der Waals surface area contributed by atoms with Crippen LogP contribution in [0, 0.1) is 5.92 Å². The first-order chi connectivity index (χ1) is 12.3. The Bertz CT molecular complexity index is 884. The zero-order valence-corrected chi connectivity index (χ0v) is 14.5. The van der Waals surface area contributed by atoms with E-state index in [1.807, 2.05) is 12.3 Å². The van der Waals surface area contributed by atoms with Gasteiger partial charge in [0.15, 0.2) is 11.3 Å². The van der Waals surface area contributed by atoms with Crippen molar-refractivity contribution >= 4 is 28.6 Å². The van der Waals surface area contributed by atoms with E-state index >= 15 is 0 Å². The summed E-state index contributed by atoms with van der Waals surface area (Å²) in [6, 6.07) is 4.13. The first kappa shape index (κ1) is 14.7. The van der Waals surface area contributed by atoms with Crippen LogP contribution in [-0.2, 0) is 0 Å². The van der Waals surface area contributed by atoms with Crippen LogP contribution in [-0.4, -0.2) is 33.3 Å². The third-order valence-corrected chi connectivity index (χ3v) is 5.39. The van der Waals surface area contributed by atoms with Gasteiger partial charge in [0.05, 0.1) is 13.1 Å². The number of rotatable bonds is 4. The smallest absolute Gasteiger partial charge is 0.347 e. The first-order valence-electron chi connectivity index (χ1n) is 9.24. The molecule has 4 heterocycles. The number of piperidine rings is 1. The molecule has 4 N–H and O–H groups in total. The van der Waals surface area contributed by atoms with Gasteiger partial charge in [-0.25, -0.2) is 4.98 Å². The Morgan fingerprint density at radius 2 is 2.08 bits per heavy atom. The van der Waals surface area contributed by atoms with E-state index in [0.717, 1.165) is 47.6 Å². The molecular formula is C18H24N7+. The molecule has 0 radical (unpaired) electrons.